The molecule has 2 heterocycles. The fourth-order valence-electron chi connectivity index (χ4n) is 3.82. The van der Waals surface area contributed by atoms with Crippen molar-refractivity contribution >= 4 is 17.3 Å². The van der Waals surface area contributed by atoms with E-state index >= 15 is 0 Å². The Balaban J connectivity index is 1.66. The number of halogens is 2. The quantitative estimate of drug-likeness (QED) is 0.618. The van der Waals surface area contributed by atoms with Crippen molar-refractivity contribution in [3.8, 4) is 0 Å². The lowest BCUT2D eigenvalue weighted by molar-refractivity contribution is 0.0553. The molecule has 27 heavy (non-hydrogen) atoms. The molecule has 0 saturated carbocycles. The Hall–Kier alpha value is -1.54. The Morgan fingerprint density at radius 3 is 2.81 bits per heavy atom. The molecule has 8 heteroatoms. The number of hydrogen-bond donors (Lipinski definition) is 3. The van der Waals surface area contributed by atoms with Gasteiger partial charge in [-0.15, -0.1) is 0 Å². The number of likely N-dealkylation sites (tertiary alicyclic amines) is 1. The van der Waals surface area contributed by atoms with Gasteiger partial charge in [0.25, 0.3) is 0 Å². The summed E-state index contributed by atoms with van der Waals surface area (Å²) in [4.78, 5) is 2.44. The second-order valence-electron chi connectivity index (χ2n) is 7.17. The van der Waals surface area contributed by atoms with Crippen molar-refractivity contribution in [2.24, 2.45) is 11.0 Å². The first-order chi connectivity index (χ1) is 13.1. The molecule has 0 amide bonds. The van der Waals surface area contributed by atoms with E-state index in [4.69, 9.17) is 21.9 Å². The molecule has 2 saturated heterocycles. The van der Waals surface area contributed by atoms with Gasteiger partial charge in [-0.2, -0.15) is 5.11 Å². The number of nitrogens with one attached hydrogen (secondary N) is 2. The van der Waals surface area contributed by atoms with Gasteiger partial charge in [0, 0.05) is 44.5 Å². The van der Waals surface area contributed by atoms with E-state index in [1.165, 1.54) is 18.2 Å². The van der Waals surface area contributed by atoms with E-state index in [1.54, 1.807) is 0 Å². The number of nitrogens with zero attached hydrogens (tertiary/aromatic N) is 2. The van der Waals surface area contributed by atoms with Crippen LogP contribution in [-0.4, -0.2) is 55.5 Å². The summed E-state index contributed by atoms with van der Waals surface area (Å²) in [5, 5.41) is 16.8. The van der Waals surface area contributed by atoms with Gasteiger partial charge in [-0.05, 0) is 43.4 Å². The summed E-state index contributed by atoms with van der Waals surface area (Å²) in [5.41, 5.74) is 8.62. The van der Waals surface area contributed by atoms with Crippen molar-refractivity contribution in [1.82, 2.24) is 10.2 Å². The van der Waals surface area contributed by atoms with Crippen LogP contribution >= 0.6 is 11.6 Å². The highest BCUT2D eigenvalue weighted by Crippen LogP contribution is 2.28. The molecular formula is C19H26ClFN4O2. The molecule has 148 valence electrons. The van der Waals surface area contributed by atoms with E-state index in [-0.39, 0.29) is 23.4 Å². The van der Waals surface area contributed by atoms with E-state index in [9.17, 15) is 9.50 Å². The fraction of sp³-hybridized carbons (Fsp3) is 0.579. The first-order valence-electron chi connectivity index (χ1n) is 9.34. The Labute approximate surface area is 163 Å². The van der Waals surface area contributed by atoms with Gasteiger partial charge in [0.15, 0.2) is 0 Å². The third-order valence-electron chi connectivity index (χ3n) is 5.25. The molecule has 3 rings (SSSR count). The minimum atomic E-state index is -0.453. The maximum Gasteiger partial charge on any atom is 0.124 e. The van der Waals surface area contributed by atoms with Crippen LogP contribution in [0.3, 0.4) is 0 Å². The second kappa shape index (κ2) is 9.59. The van der Waals surface area contributed by atoms with E-state index in [2.05, 4.69) is 15.3 Å². The number of aliphatic hydroxyl groups excluding tert-OH is 1. The van der Waals surface area contributed by atoms with Crippen molar-refractivity contribution in [1.29, 1.82) is 5.53 Å². The van der Waals surface area contributed by atoms with Gasteiger partial charge in [-0.3, -0.25) is 0 Å². The zero-order valence-electron chi connectivity index (χ0n) is 15.3. The van der Waals surface area contributed by atoms with Crippen LogP contribution in [0.1, 0.15) is 24.8 Å². The van der Waals surface area contributed by atoms with Crippen LogP contribution in [0.2, 0.25) is 5.02 Å². The van der Waals surface area contributed by atoms with Crippen LogP contribution in [0.15, 0.2) is 29.0 Å². The third kappa shape index (κ3) is 5.25. The maximum absolute atomic E-state index is 13.3. The normalized spacial score (nSPS) is 22.6. The van der Waals surface area contributed by atoms with Crippen molar-refractivity contribution in [3.05, 3.63) is 40.3 Å². The summed E-state index contributed by atoms with van der Waals surface area (Å²) in [5.74, 6) is 0.230. The zero-order chi connectivity index (χ0) is 19.2. The maximum atomic E-state index is 13.3. The highest BCUT2D eigenvalue weighted by atomic mass is 35.5. The molecule has 1 aromatic carbocycles. The molecule has 1 unspecified atom stereocenters. The SMILES string of the molecule is N=N/C(=C(/CO)NC1CCN(CC2CCOCC2)C1)c1ccc(F)cc1Cl. The van der Waals surface area contributed by atoms with Crippen LogP contribution in [0.4, 0.5) is 4.39 Å². The molecule has 6 nitrogen and oxygen atoms in total. The van der Waals surface area contributed by atoms with Gasteiger partial charge in [0.2, 0.25) is 0 Å². The molecule has 0 bridgehead atoms. The third-order valence-corrected chi connectivity index (χ3v) is 5.56. The molecule has 2 aliphatic heterocycles. The summed E-state index contributed by atoms with van der Waals surface area (Å²) < 4.78 is 18.7. The first kappa shape index (κ1) is 20.2. The molecule has 1 aromatic rings. The van der Waals surface area contributed by atoms with Crippen molar-refractivity contribution < 1.29 is 14.2 Å². The summed E-state index contributed by atoms with van der Waals surface area (Å²) in [6.45, 7) is 4.36. The number of rotatable bonds is 7. The highest BCUT2D eigenvalue weighted by molar-refractivity contribution is 6.32. The number of hydrogen-bond acceptors (Lipinski definition) is 6. The van der Waals surface area contributed by atoms with E-state index < -0.39 is 5.82 Å². The van der Waals surface area contributed by atoms with Crippen LogP contribution in [0.25, 0.3) is 5.70 Å². The predicted molar refractivity (Wildman–Crippen MR) is 102 cm³/mol. The van der Waals surface area contributed by atoms with Gasteiger partial charge in [-0.25, -0.2) is 9.92 Å². The average Bonchev–Trinajstić information content (AvgIpc) is 3.10. The molecule has 0 aliphatic carbocycles. The lowest BCUT2D eigenvalue weighted by atomic mass is 10.00. The summed E-state index contributed by atoms with van der Waals surface area (Å²) in [6, 6.07) is 4.10. The van der Waals surface area contributed by atoms with Crippen LogP contribution in [0.5, 0.6) is 0 Å². The second-order valence-corrected chi connectivity index (χ2v) is 7.57. The fourth-order valence-corrected chi connectivity index (χ4v) is 4.07. The molecular weight excluding hydrogens is 371 g/mol. The minimum absolute atomic E-state index is 0.168. The zero-order valence-corrected chi connectivity index (χ0v) is 16.0. The lowest BCUT2D eigenvalue weighted by Crippen LogP contribution is -2.36. The topological polar surface area (TPSA) is 80.9 Å². The van der Waals surface area contributed by atoms with Gasteiger partial charge in [-0.1, -0.05) is 11.6 Å². The van der Waals surface area contributed by atoms with Crippen molar-refractivity contribution in [3.63, 3.8) is 0 Å². The molecule has 2 fully saturated rings. The van der Waals surface area contributed by atoms with E-state index in [0.717, 1.165) is 52.1 Å². The highest BCUT2D eigenvalue weighted by Gasteiger charge is 2.26. The monoisotopic (exact) mass is 396 g/mol. The smallest absolute Gasteiger partial charge is 0.124 e. The minimum Gasteiger partial charge on any atom is -0.390 e. The van der Waals surface area contributed by atoms with Crippen LogP contribution < -0.4 is 5.32 Å². The molecule has 1 atom stereocenters. The Bertz CT molecular complexity index is 694. The van der Waals surface area contributed by atoms with Gasteiger partial charge in [0.05, 0.1) is 17.3 Å². The standard InChI is InChI=1S/C19H26ClFN4O2/c20-17-9-14(21)1-2-16(17)19(24-22)18(12-26)23-15-3-6-25(11-15)10-13-4-7-27-8-5-13/h1-2,9,13,15,22-23,26H,3-8,10-12H2/b19-18-,24-22?. The predicted octanol–water partition coefficient (Wildman–Crippen LogP) is 3.26. The number of benzene rings is 1. The summed E-state index contributed by atoms with van der Waals surface area (Å²) in [7, 11) is 0. The van der Waals surface area contributed by atoms with Gasteiger partial charge in [0.1, 0.15) is 11.5 Å². The largest absolute Gasteiger partial charge is 0.390 e. The Kier molecular flexibility index (Phi) is 7.18. The molecule has 0 radical (unpaired) electrons. The van der Waals surface area contributed by atoms with Gasteiger partial charge < -0.3 is 20.1 Å². The lowest BCUT2D eigenvalue weighted by Gasteiger charge is -2.27. The first-order valence-corrected chi connectivity index (χ1v) is 9.72. The van der Waals surface area contributed by atoms with Gasteiger partial charge >= 0.3 is 0 Å². The number of ether oxygens (including phenoxy) is 1. The Morgan fingerprint density at radius 2 is 2.15 bits per heavy atom. The molecule has 0 spiro atoms. The van der Waals surface area contributed by atoms with Crippen molar-refractivity contribution in [2.45, 2.75) is 25.3 Å². The van der Waals surface area contributed by atoms with E-state index in [1.807, 2.05) is 0 Å². The van der Waals surface area contributed by atoms with E-state index in [0.29, 0.717) is 17.2 Å². The Morgan fingerprint density at radius 1 is 1.37 bits per heavy atom. The average molecular weight is 397 g/mol. The van der Waals surface area contributed by atoms with Crippen molar-refractivity contribution in [2.75, 3.05) is 39.5 Å². The van der Waals surface area contributed by atoms with Crippen LogP contribution in [-0.2, 0) is 4.74 Å². The molecule has 3 N–H and O–H groups in total. The number of aliphatic hydroxyl groups is 1. The van der Waals surface area contributed by atoms with Crippen LogP contribution in [0, 0.1) is 17.3 Å². The summed E-state index contributed by atoms with van der Waals surface area (Å²) >= 11 is 6.11. The summed E-state index contributed by atoms with van der Waals surface area (Å²) in [6.07, 6.45) is 3.18. The molecule has 0 aromatic heterocycles. The molecule has 2 aliphatic rings.